The zero-order valence-corrected chi connectivity index (χ0v) is 24.3. The molecule has 2 fully saturated rings. The van der Waals surface area contributed by atoms with Crippen molar-refractivity contribution >= 4 is 51.3 Å². The van der Waals surface area contributed by atoms with Crippen LogP contribution in [0.1, 0.15) is 49.9 Å². The summed E-state index contributed by atoms with van der Waals surface area (Å²) in [6, 6.07) is 4.22. The van der Waals surface area contributed by atoms with Crippen molar-refractivity contribution in [3.63, 3.8) is 0 Å². The van der Waals surface area contributed by atoms with Crippen LogP contribution in [0.2, 0.25) is 10.0 Å². The van der Waals surface area contributed by atoms with Crippen molar-refractivity contribution in [2.45, 2.75) is 44.8 Å². The molecule has 14 heteroatoms. The standard InChI is InChI=1S/C26H31Cl2F3N6O2S/c1-16(20-7-6-19(27)11-21(20)28)37-25-23(24(34-37)26(29,30)31)32-12-22(33-25)36-14-18(15-36)17-5-4-9-35(13-17)8-2-3-10-40(38)39/h6-7,11-12,16-18H,2-5,8-10,13-15H2,1H3,(H,38,39)/t16-,17-/m1/s1. The summed E-state index contributed by atoms with van der Waals surface area (Å²) in [5, 5.41) is 4.66. The first kappa shape index (κ1) is 29.5. The second-order valence-electron chi connectivity index (χ2n) is 10.6. The topological polar surface area (TPSA) is 87.4 Å². The number of rotatable bonds is 9. The van der Waals surface area contributed by atoms with Crippen LogP contribution in [0.5, 0.6) is 0 Å². The van der Waals surface area contributed by atoms with E-state index in [-0.39, 0.29) is 11.2 Å². The lowest BCUT2D eigenvalue weighted by atomic mass is 9.80. The molecule has 8 nitrogen and oxygen atoms in total. The zero-order chi connectivity index (χ0) is 28.6. The molecule has 0 bridgehead atoms. The molecule has 1 N–H and O–H groups in total. The number of fused-ring (bicyclic) bond motifs is 1. The average Bonchev–Trinajstić information content (AvgIpc) is 3.25. The number of nitrogens with zero attached hydrogens (tertiary/aromatic N) is 6. The number of alkyl halides is 3. The summed E-state index contributed by atoms with van der Waals surface area (Å²) in [7, 11) is 0. The first-order chi connectivity index (χ1) is 19.0. The predicted octanol–water partition coefficient (Wildman–Crippen LogP) is 5.91. The molecular weight excluding hydrogens is 588 g/mol. The molecule has 1 aromatic carbocycles. The van der Waals surface area contributed by atoms with Crippen LogP contribution in [0.25, 0.3) is 11.2 Å². The maximum absolute atomic E-state index is 13.9. The van der Waals surface area contributed by atoms with Crippen LogP contribution in [0, 0.1) is 11.8 Å². The SMILES string of the molecule is C[C@H](c1ccc(Cl)cc1Cl)n1nc(C(F)(F)F)c2ncc(N3CC([C@@H]4CCCN(CCCCS(=O)O)C4)C3)nc21. The van der Waals surface area contributed by atoms with E-state index in [9.17, 15) is 17.4 Å². The van der Waals surface area contributed by atoms with Gasteiger partial charge in [-0.1, -0.05) is 29.3 Å². The molecule has 0 aliphatic carbocycles. The van der Waals surface area contributed by atoms with Crippen LogP contribution in [-0.2, 0) is 17.3 Å². The second kappa shape index (κ2) is 12.1. The van der Waals surface area contributed by atoms with E-state index in [2.05, 4.69) is 24.9 Å². The van der Waals surface area contributed by atoms with Crippen LogP contribution in [0.3, 0.4) is 0 Å². The number of halogens is 5. The molecule has 0 spiro atoms. The highest BCUT2D eigenvalue weighted by Crippen LogP contribution is 2.38. The van der Waals surface area contributed by atoms with Crippen LogP contribution in [0.4, 0.5) is 19.0 Å². The Morgan fingerprint density at radius 2 is 1.95 bits per heavy atom. The Hall–Kier alpha value is -1.99. The largest absolute Gasteiger partial charge is 0.437 e. The van der Waals surface area contributed by atoms with Gasteiger partial charge in [-0.05, 0) is 75.2 Å². The normalized spacial score (nSPS) is 20.6. The highest BCUT2D eigenvalue weighted by atomic mass is 35.5. The highest BCUT2D eigenvalue weighted by Gasteiger charge is 2.40. The zero-order valence-electron chi connectivity index (χ0n) is 21.9. The van der Waals surface area contributed by atoms with Gasteiger partial charge in [0.25, 0.3) is 0 Å². The molecule has 0 radical (unpaired) electrons. The van der Waals surface area contributed by atoms with Crippen LogP contribution < -0.4 is 4.90 Å². The fourth-order valence-electron chi connectivity index (χ4n) is 5.72. The van der Waals surface area contributed by atoms with Gasteiger partial charge in [0.2, 0.25) is 0 Å². The Morgan fingerprint density at radius 3 is 2.65 bits per heavy atom. The maximum Gasteiger partial charge on any atom is 0.437 e. The van der Waals surface area contributed by atoms with Gasteiger partial charge in [-0.3, -0.25) is 0 Å². The number of hydrogen-bond acceptors (Lipinski definition) is 6. The van der Waals surface area contributed by atoms with E-state index in [4.69, 9.17) is 27.8 Å². The number of benzene rings is 1. The van der Waals surface area contributed by atoms with E-state index in [0.29, 0.717) is 39.0 Å². The maximum atomic E-state index is 13.9. The molecule has 3 aromatic rings. The minimum Gasteiger partial charge on any atom is -0.355 e. The fraction of sp³-hybridized carbons (Fsp3) is 0.577. The Morgan fingerprint density at radius 1 is 1.18 bits per heavy atom. The third kappa shape index (κ3) is 6.41. The van der Waals surface area contributed by atoms with Crippen LogP contribution in [0.15, 0.2) is 24.4 Å². The van der Waals surface area contributed by atoms with Crippen molar-refractivity contribution in [3.05, 3.63) is 45.7 Å². The van der Waals surface area contributed by atoms with Gasteiger partial charge in [0, 0.05) is 35.4 Å². The molecule has 0 saturated carbocycles. The molecule has 2 aliphatic rings. The Labute approximate surface area is 243 Å². The summed E-state index contributed by atoms with van der Waals surface area (Å²) in [4.78, 5) is 13.3. The van der Waals surface area contributed by atoms with Crippen molar-refractivity contribution in [1.29, 1.82) is 0 Å². The first-order valence-electron chi connectivity index (χ1n) is 13.3. The summed E-state index contributed by atoms with van der Waals surface area (Å²) in [6.45, 7) is 6.20. The van der Waals surface area contributed by atoms with Gasteiger partial charge in [0.1, 0.15) is 11.3 Å². The summed E-state index contributed by atoms with van der Waals surface area (Å²) >= 11 is 10.6. The number of piperidine rings is 1. The van der Waals surface area contributed by atoms with Gasteiger partial charge < -0.3 is 14.4 Å². The second-order valence-corrected chi connectivity index (χ2v) is 12.5. The number of likely N-dealkylation sites (tertiary alicyclic amines) is 1. The molecule has 2 saturated heterocycles. The van der Waals surface area contributed by atoms with Crippen molar-refractivity contribution in [1.82, 2.24) is 24.6 Å². The van der Waals surface area contributed by atoms with Gasteiger partial charge in [0.05, 0.1) is 12.2 Å². The third-order valence-corrected chi connectivity index (χ3v) is 9.12. The van der Waals surface area contributed by atoms with Gasteiger partial charge in [-0.15, -0.1) is 0 Å². The molecule has 2 aliphatic heterocycles. The third-order valence-electron chi connectivity index (χ3n) is 7.92. The van der Waals surface area contributed by atoms with Gasteiger partial charge in [0.15, 0.2) is 22.4 Å². The quantitative estimate of drug-likeness (QED) is 0.235. The van der Waals surface area contributed by atoms with Gasteiger partial charge in [-0.25, -0.2) is 18.9 Å². The van der Waals surface area contributed by atoms with Gasteiger partial charge >= 0.3 is 6.18 Å². The summed E-state index contributed by atoms with van der Waals surface area (Å²) in [5.74, 6) is 1.84. The lowest BCUT2D eigenvalue weighted by molar-refractivity contribution is -0.140. The van der Waals surface area contributed by atoms with Crippen molar-refractivity contribution in [3.8, 4) is 0 Å². The summed E-state index contributed by atoms with van der Waals surface area (Å²) in [5.41, 5.74) is -0.739. The van der Waals surface area contributed by atoms with E-state index in [1.54, 1.807) is 25.1 Å². The number of hydrogen-bond donors (Lipinski definition) is 1. The van der Waals surface area contributed by atoms with E-state index >= 15 is 0 Å². The minimum absolute atomic E-state index is 0.0550. The van der Waals surface area contributed by atoms with Gasteiger partial charge in [-0.2, -0.15) is 18.3 Å². The molecule has 0 amide bonds. The van der Waals surface area contributed by atoms with Crippen LogP contribution in [-0.4, -0.2) is 71.9 Å². The lowest BCUT2D eigenvalue weighted by Crippen LogP contribution is -2.54. The molecule has 5 rings (SSSR count). The molecule has 4 heterocycles. The van der Waals surface area contributed by atoms with Crippen LogP contribution >= 0.6 is 23.2 Å². The van der Waals surface area contributed by atoms with Crippen molar-refractivity contribution in [2.24, 2.45) is 11.8 Å². The number of aromatic nitrogens is 4. The predicted molar refractivity (Wildman–Crippen MR) is 150 cm³/mol. The Balaban J connectivity index is 1.31. The van der Waals surface area contributed by atoms with Crippen molar-refractivity contribution in [2.75, 3.05) is 43.4 Å². The Kier molecular flexibility index (Phi) is 8.91. The minimum atomic E-state index is -4.69. The van der Waals surface area contributed by atoms with E-state index in [0.717, 1.165) is 58.4 Å². The monoisotopic (exact) mass is 618 g/mol. The van der Waals surface area contributed by atoms with Crippen molar-refractivity contribution < 1.29 is 21.9 Å². The molecular formula is C26H31Cl2F3N6O2S. The summed E-state index contributed by atoms with van der Waals surface area (Å²) in [6.07, 6.45) is 0.604. The van der Waals surface area contributed by atoms with E-state index < -0.39 is 29.0 Å². The average molecular weight is 620 g/mol. The number of unbranched alkanes of at least 4 members (excludes halogenated alkanes) is 1. The lowest BCUT2D eigenvalue weighted by Gasteiger charge is -2.47. The molecule has 40 heavy (non-hydrogen) atoms. The highest BCUT2D eigenvalue weighted by molar-refractivity contribution is 7.79. The Bertz CT molecular complexity index is 1380. The van der Waals surface area contributed by atoms with E-state index in [1.165, 1.54) is 10.9 Å². The molecule has 1 unspecified atom stereocenters. The molecule has 3 atom stereocenters. The fourth-order valence-corrected chi connectivity index (χ4v) is 6.74. The molecule has 218 valence electrons. The van der Waals surface area contributed by atoms with E-state index in [1.807, 2.05) is 0 Å². The smallest absolute Gasteiger partial charge is 0.355 e. The first-order valence-corrected chi connectivity index (χ1v) is 15.4. The number of anilines is 1. The molecule has 2 aromatic heterocycles. The summed E-state index contributed by atoms with van der Waals surface area (Å²) < 4.78 is 62.6.